The molecule has 6 rings (SSSR count). The van der Waals surface area contributed by atoms with Crippen molar-refractivity contribution in [3.8, 4) is 0 Å². The molecule has 1 heterocycles. The van der Waals surface area contributed by atoms with Crippen molar-refractivity contribution in [1.82, 2.24) is 0 Å². The number of aldehydes is 2. The summed E-state index contributed by atoms with van der Waals surface area (Å²) in [6.45, 7) is 12.1. The van der Waals surface area contributed by atoms with Crippen LogP contribution < -0.4 is 0 Å². The van der Waals surface area contributed by atoms with Crippen LogP contribution in [0.25, 0.3) is 0 Å². The van der Waals surface area contributed by atoms with Gasteiger partial charge >= 0.3 is 0 Å². The average Bonchev–Trinajstić information content (AvgIpc) is 3.46. The zero-order valence-electron chi connectivity index (χ0n) is 26.6. The molecule has 5 aliphatic carbocycles. The Hall–Kier alpha value is -1.35. The fraction of sp³-hybridized carbons (Fsp3) is 0.912. The largest absolute Gasteiger partial charge is 0.481 e. The molecule has 8 nitrogen and oxygen atoms in total. The molecule has 8 heteroatoms. The number of carboxylic acids is 1. The number of aliphatic hydroxyl groups is 1. The van der Waals surface area contributed by atoms with Crippen LogP contribution in [0.15, 0.2) is 0 Å². The third kappa shape index (κ3) is 5.30. The summed E-state index contributed by atoms with van der Waals surface area (Å²) in [5.41, 5.74) is 0.576. The van der Waals surface area contributed by atoms with Crippen LogP contribution in [0.5, 0.6) is 0 Å². The molecule has 42 heavy (non-hydrogen) atoms. The van der Waals surface area contributed by atoms with E-state index in [9.17, 15) is 14.7 Å². The molecule has 6 fully saturated rings. The number of rotatable bonds is 8. The van der Waals surface area contributed by atoms with Crippen molar-refractivity contribution in [1.29, 1.82) is 0 Å². The zero-order valence-corrected chi connectivity index (χ0v) is 26.6. The highest BCUT2D eigenvalue weighted by Crippen LogP contribution is 2.87. The minimum atomic E-state index is -0.958. The van der Waals surface area contributed by atoms with Gasteiger partial charge in [-0.25, -0.2) is 0 Å². The molecule has 1 aliphatic heterocycles. The van der Waals surface area contributed by atoms with Gasteiger partial charge in [0.05, 0.1) is 23.9 Å². The lowest BCUT2D eigenvalue weighted by Gasteiger charge is -2.59. The van der Waals surface area contributed by atoms with Crippen molar-refractivity contribution in [2.24, 2.45) is 45.3 Å². The van der Waals surface area contributed by atoms with E-state index < -0.39 is 17.9 Å². The summed E-state index contributed by atoms with van der Waals surface area (Å²) in [4.78, 5) is 31.3. The van der Waals surface area contributed by atoms with Gasteiger partial charge in [-0.15, -0.1) is 0 Å². The first-order valence-electron chi connectivity index (χ1n) is 16.4. The van der Waals surface area contributed by atoms with E-state index in [4.69, 9.17) is 24.1 Å². The normalized spacial score (nSPS) is 45.4. The van der Waals surface area contributed by atoms with E-state index >= 15 is 0 Å². The molecular weight excluding hydrogens is 536 g/mol. The summed E-state index contributed by atoms with van der Waals surface area (Å²) >= 11 is 0. The van der Waals surface area contributed by atoms with E-state index in [0.29, 0.717) is 46.8 Å². The van der Waals surface area contributed by atoms with Gasteiger partial charge in [-0.2, -0.15) is 0 Å². The first-order valence-corrected chi connectivity index (χ1v) is 16.4. The molecule has 0 bridgehead atoms. The molecule has 0 amide bonds. The Kier molecular flexibility index (Phi) is 8.56. The smallest absolute Gasteiger partial charge is 0.300 e. The fourth-order valence-corrected chi connectivity index (χ4v) is 11.7. The van der Waals surface area contributed by atoms with Gasteiger partial charge in [0, 0.05) is 13.3 Å². The lowest BCUT2D eigenvalue weighted by atomic mass is 9.46. The second-order valence-corrected chi connectivity index (χ2v) is 16.1. The van der Waals surface area contributed by atoms with Gasteiger partial charge in [-0.1, -0.05) is 20.8 Å². The van der Waals surface area contributed by atoms with E-state index in [1.807, 2.05) is 13.8 Å². The molecule has 0 aromatic heterocycles. The number of aliphatic carboxylic acids is 1. The Morgan fingerprint density at radius 1 is 1.00 bits per heavy atom. The molecule has 2 N–H and O–H groups in total. The van der Waals surface area contributed by atoms with Gasteiger partial charge in [-0.05, 0) is 123 Å². The second kappa shape index (κ2) is 11.2. The van der Waals surface area contributed by atoms with Gasteiger partial charge in [-0.3, -0.25) is 9.59 Å². The number of carboxylic acid groups (broad SMARTS) is 1. The van der Waals surface area contributed by atoms with Crippen LogP contribution in [0, 0.1) is 45.3 Å². The predicted octanol–water partition coefficient (Wildman–Crippen LogP) is 5.57. The highest BCUT2D eigenvalue weighted by atomic mass is 16.7. The Bertz CT molecular complexity index is 1030. The Balaban J connectivity index is 0.000000830. The molecule has 0 aromatic carbocycles. The Labute approximate surface area is 251 Å². The van der Waals surface area contributed by atoms with Crippen molar-refractivity contribution in [2.45, 2.75) is 142 Å². The van der Waals surface area contributed by atoms with Crippen LogP contribution in [0.4, 0.5) is 0 Å². The van der Waals surface area contributed by atoms with E-state index in [-0.39, 0.29) is 24.2 Å². The summed E-state index contributed by atoms with van der Waals surface area (Å²) < 4.78 is 18.3. The quantitative estimate of drug-likeness (QED) is 0.278. The zero-order chi connectivity index (χ0) is 30.7. The van der Waals surface area contributed by atoms with Gasteiger partial charge < -0.3 is 29.2 Å². The minimum absolute atomic E-state index is 0.0292. The van der Waals surface area contributed by atoms with Gasteiger partial charge in [0.15, 0.2) is 6.29 Å². The molecular formula is C34H54O8. The summed E-state index contributed by atoms with van der Waals surface area (Å²) in [5, 5.41) is 17.8. The SMILES string of the molecule is CC(=O)O.CC(C)(O)C[C@H]1CCC2C(CC3C4CCC5C(C)(C)C(OC(C=O)OCC=O)CCC56CC46CCC23C)O1. The maximum Gasteiger partial charge on any atom is 0.300 e. The number of ether oxygens (including phenoxy) is 3. The highest BCUT2D eigenvalue weighted by Gasteiger charge is 2.80. The van der Waals surface area contributed by atoms with Gasteiger partial charge in [0.1, 0.15) is 12.9 Å². The second-order valence-electron chi connectivity index (χ2n) is 16.1. The molecule has 11 atom stereocenters. The average molecular weight is 591 g/mol. The topological polar surface area (TPSA) is 119 Å². The van der Waals surface area contributed by atoms with Gasteiger partial charge in [0.2, 0.25) is 6.29 Å². The molecule has 0 radical (unpaired) electrons. The summed E-state index contributed by atoms with van der Waals surface area (Å²) in [5.74, 6) is 1.98. The Morgan fingerprint density at radius 2 is 1.69 bits per heavy atom. The van der Waals surface area contributed by atoms with E-state index in [1.54, 1.807) is 0 Å². The molecule has 238 valence electrons. The first kappa shape index (κ1) is 32.1. The third-order valence-corrected chi connectivity index (χ3v) is 13.1. The van der Waals surface area contributed by atoms with Crippen LogP contribution >= 0.6 is 0 Å². The molecule has 1 saturated heterocycles. The minimum Gasteiger partial charge on any atom is -0.481 e. The molecule has 5 saturated carbocycles. The number of carbonyl (C=O) groups is 3. The number of fused-ring (bicyclic) bond motifs is 4. The van der Waals surface area contributed by atoms with Crippen molar-refractivity contribution >= 4 is 18.5 Å². The first-order chi connectivity index (χ1) is 19.6. The molecule has 10 unspecified atom stereocenters. The predicted molar refractivity (Wildman–Crippen MR) is 157 cm³/mol. The lowest BCUT2D eigenvalue weighted by molar-refractivity contribution is -0.216. The van der Waals surface area contributed by atoms with E-state index in [0.717, 1.165) is 38.0 Å². The number of carbonyl (C=O) groups excluding carboxylic acids is 2. The van der Waals surface area contributed by atoms with E-state index in [2.05, 4.69) is 20.8 Å². The highest BCUT2D eigenvalue weighted by molar-refractivity contribution is 5.63. The van der Waals surface area contributed by atoms with Crippen LogP contribution in [-0.2, 0) is 28.6 Å². The van der Waals surface area contributed by atoms with Crippen molar-refractivity contribution < 1.29 is 38.8 Å². The monoisotopic (exact) mass is 590 g/mol. The lowest BCUT2D eigenvalue weighted by Crippen LogP contribution is -2.55. The maximum absolute atomic E-state index is 11.6. The summed E-state index contributed by atoms with van der Waals surface area (Å²) in [6.07, 6.45) is 14.0. The van der Waals surface area contributed by atoms with Crippen LogP contribution in [0.3, 0.4) is 0 Å². The van der Waals surface area contributed by atoms with Crippen LogP contribution in [-0.4, -0.2) is 65.6 Å². The van der Waals surface area contributed by atoms with Gasteiger partial charge in [0.25, 0.3) is 5.97 Å². The summed E-state index contributed by atoms with van der Waals surface area (Å²) in [6, 6.07) is 0. The summed E-state index contributed by atoms with van der Waals surface area (Å²) in [7, 11) is 0. The number of hydrogen-bond donors (Lipinski definition) is 2. The fourth-order valence-electron chi connectivity index (χ4n) is 11.7. The van der Waals surface area contributed by atoms with Crippen molar-refractivity contribution in [3.05, 3.63) is 0 Å². The van der Waals surface area contributed by atoms with Crippen LogP contribution in [0.2, 0.25) is 0 Å². The van der Waals surface area contributed by atoms with Crippen LogP contribution in [0.1, 0.15) is 112 Å². The van der Waals surface area contributed by atoms with Crippen molar-refractivity contribution in [2.75, 3.05) is 6.61 Å². The Morgan fingerprint density at radius 3 is 2.33 bits per heavy atom. The molecule has 6 aliphatic rings. The number of hydrogen-bond acceptors (Lipinski definition) is 7. The maximum atomic E-state index is 11.6. The standard InChI is InChI=1S/C32H50O6.C2H4O2/c1-28(2,35)17-20-6-7-22-24(37-20)16-23-21-8-9-25-29(3,4)26(38-27(18-34)36-15-14-33)10-11-32(25)19-31(21,32)13-12-30(22,23)5;1-2(3)4/h14,18,20-27,35H,6-13,15-17,19H2,1-5H3;1H3,(H,3,4)/t20-,21?,22?,23?,24?,25?,26?,27?,30?,31?,32?;/m1./s1. The molecule has 2 spiro atoms. The third-order valence-electron chi connectivity index (χ3n) is 13.1. The van der Waals surface area contributed by atoms with E-state index in [1.165, 1.54) is 51.4 Å². The molecule has 0 aromatic rings. The van der Waals surface area contributed by atoms with Crippen molar-refractivity contribution in [3.63, 3.8) is 0 Å².